The fraction of sp³-hybridized carbons (Fsp3) is 0.538. The summed E-state index contributed by atoms with van der Waals surface area (Å²) in [6.45, 7) is 0. The number of nitrogens with one attached hydrogen (secondary N) is 1. The zero-order valence-electron chi connectivity index (χ0n) is 10.7. The molecule has 20 heavy (non-hydrogen) atoms. The van der Waals surface area contributed by atoms with Crippen molar-refractivity contribution in [1.82, 2.24) is 10.3 Å². The summed E-state index contributed by atoms with van der Waals surface area (Å²) in [6.07, 6.45) is -1.58. The molecular formula is C13H15F3N2O2. The third kappa shape index (κ3) is 3.69. The lowest BCUT2D eigenvalue weighted by molar-refractivity contribution is -0.137. The van der Waals surface area contributed by atoms with Gasteiger partial charge in [-0.15, -0.1) is 0 Å². The molecule has 2 rings (SSSR count). The highest BCUT2D eigenvalue weighted by atomic mass is 19.4. The quantitative estimate of drug-likeness (QED) is 0.876. The highest BCUT2D eigenvalue weighted by Crippen LogP contribution is 2.28. The number of nitrogens with zero attached hydrogens (tertiary/aromatic N) is 1. The zero-order chi connectivity index (χ0) is 14.8. The van der Waals surface area contributed by atoms with E-state index in [9.17, 15) is 23.1 Å². The van der Waals surface area contributed by atoms with Crippen LogP contribution in [0.3, 0.4) is 0 Å². The minimum absolute atomic E-state index is 0.0379. The predicted molar refractivity (Wildman–Crippen MR) is 65.0 cm³/mol. The number of hydrogen-bond acceptors (Lipinski definition) is 3. The smallest absolute Gasteiger partial charge is 0.393 e. The zero-order valence-corrected chi connectivity index (χ0v) is 10.7. The summed E-state index contributed by atoms with van der Waals surface area (Å²) in [5.41, 5.74) is -0.918. The molecular weight excluding hydrogens is 273 g/mol. The molecule has 7 heteroatoms. The van der Waals surface area contributed by atoms with Crippen molar-refractivity contribution >= 4 is 5.91 Å². The summed E-state index contributed by atoms with van der Waals surface area (Å²) < 4.78 is 37.1. The monoisotopic (exact) mass is 288 g/mol. The van der Waals surface area contributed by atoms with Crippen molar-refractivity contribution in [2.75, 3.05) is 0 Å². The fourth-order valence-corrected chi connectivity index (χ4v) is 2.18. The van der Waals surface area contributed by atoms with Gasteiger partial charge in [0.15, 0.2) is 0 Å². The maximum Gasteiger partial charge on any atom is 0.417 e. The number of carbonyl (C=O) groups excluding carboxylic acids is 1. The van der Waals surface area contributed by atoms with Crippen LogP contribution in [-0.2, 0) is 6.18 Å². The van der Waals surface area contributed by atoms with Crippen molar-refractivity contribution in [3.63, 3.8) is 0 Å². The van der Waals surface area contributed by atoms with Gasteiger partial charge >= 0.3 is 6.18 Å². The Bertz CT molecular complexity index is 465. The van der Waals surface area contributed by atoms with Crippen molar-refractivity contribution in [3.05, 3.63) is 29.6 Å². The number of hydrogen-bond donors (Lipinski definition) is 2. The number of aliphatic hydroxyl groups is 1. The van der Waals surface area contributed by atoms with E-state index < -0.39 is 17.6 Å². The number of aliphatic hydroxyl groups excluding tert-OH is 1. The molecule has 0 aromatic carbocycles. The van der Waals surface area contributed by atoms with Gasteiger partial charge < -0.3 is 10.4 Å². The van der Waals surface area contributed by atoms with Gasteiger partial charge in [0.1, 0.15) is 5.69 Å². The number of rotatable bonds is 2. The lowest BCUT2D eigenvalue weighted by Crippen LogP contribution is -2.38. The Hall–Kier alpha value is -1.63. The highest BCUT2D eigenvalue weighted by molar-refractivity contribution is 5.92. The molecule has 1 saturated carbocycles. The van der Waals surface area contributed by atoms with Gasteiger partial charge in [-0.3, -0.25) is 9.78 Å². The first-order valence-electron chi connectivity index (χ1n) is 6.38. The number of amides is 1. The summed E-state index contributed by atoms with van der Waals surface area (Å²) in [5.74, 6) is -0.486. The van der Waals surface area contributed by atoms with Gasteiger partial charge in [-0.2, -0.15) is 13.2 Å². The first-order valence-corrected chi connectivity index (χ1v) is 6.38. The first-order chi connectivity index (χ1) is 9.36. The molecule has 0 radical (unpaired) electrons. The lowest BCUT2D eigenvalue weighted by atomic mass is 9.93. The van der Waals surface area contributed by atoms with E-state index in [2.05, 4.69) is 10.3 Å². The van der Waals surface area contributed by atoms with Crippen LogP contribution in [0.5, 0.6) is 0 Å². The third-order valence-electron chi connectivity index (χ3n) is 3.36. The second kappa shape index (κ2) is 5.78. The molecule has 1 fully saturated rings. The molecule has 2 N–H and O–H groups in total. The Morgan fingerprint density at radius 3 is 2.40 bits per heavy atom. The van der Waals surface area contributed by atoms with Crippen molar-refractivity contribution in [2.45, 2.75) is 44.0 Å². The molecule has 0 aliphatic heterocycles. The average Bonchev–Trinajstić information content (AvgIpc) is 2.40. The molecule has 1 amide bonds. The summed E-state index contributed by atoms with van der Waals surface area (Å²) >= 11 is 0. The molecule has 0 bridgehead atoms. The maximum absolute atomic E-state index is 12.4. The minimum Gasteiger partial charge on any atom is -0.393 e. The van der Waals surface area contributed by atoms with Crippen molar-refractivity contribution in [3.8, 4) is 0 Å². The molecule has 0 atom stereocenters. The Labute approximate surface area is 114 Å². The molecule has 110 valence electrons. The number of aromatic nitrogens is 1. The SMILES string of the molecule is O=C(NC1CCC(O)CC1)c1ccc(C(F)(F)F)cn1. The second-order valence-electron chi connectivity index (χ2n) is 4.91. The first kappa shape index (κ1) is 14.8. The van der Waals surface area contributed by atoms with Gasteiger partial charge in [0.25, 0.3) is 5.91 Å². The fourth-order valence-electron chi connectivity index (χ4n) is 2.18. The largest absolute Gasteiger partial charge is 0.417 e. The Balaban J connectivity index is 1.96. The molecule has 0 saturated heterocycles. The van der Waals surface area contributed by atoms with Crippen LogP contribution in [0.1, 0.15) is 41.7 Å². The van der Waals surface area contributed by atoms with E-state index in [-0.39, 0.29) is 17.8 Å². The molecule has 1 aliphatic rings. The number of halogens is 3. The summed E-state index contributed by atoms with van der Waals surface area (Å²) in [4.78, 5) is 15.4. The second-order valence-corrected chi connectivity index (χ2v) is 4.91. The molecule has 4 nitrogen and oxygen atoms in total. The summed E-state index contributed by atoms with van der Waals surface area (Å²) in [5, 5.41) is 12.1. The normalized spacial score (nSPS) is 23.4. The highest BCUT2D eigenvalue weighted by Gasteiger charge is 2.31. The molecule has 1 aromatic rings. The van der Waals surface area contributed by atoms with Crippen LogP contribution in [0.15, 0.2) is 18.3 Å². The van der Waals surface area contributed by atoms with E-state index in [0.29, 0.717) is 31.9 Å². The van der Waals surface area contributed by atoms with Crippen LogP contribution < -0.4 is 5.32 Å². The van der Waals surface area contributed by atoms with Gasteiger partial charge in [0, 0.05) is 12.2 Å². The van der Waals surface area contributed by atoms with Crippen molar-refractivity contribution in [2.24, 2.45) is 0 Å². The van der Waals surface area contributed by atoms with Gasteiger partial charge in [0.05, 0.1) is 11.7 Å². The van der Waals surface area contributed by atoms with Crippen LogP contribution >= 0.6 is 0 Å². The van der Waals surface area contributed by atoms with Crippen molar-refractivity contribution in [1.29, 1.82) is 0 Å². The van der Waals surface area contributed by atoms with E-state index in [1.54, 1.807) is 0 Å². The standard InChI is InChI=1S/C13H15F3N2O2/c14-13(15,16)8-1-6-11(17-7-8)12(20)18-9-2-4-10(19)5-3-9/h1,6-7,9-10,19H,2-5H2,(H,18,20). The topological polar surface area (TPSA) is 62.2 Å². The molecule has 1 aromatic heterocycles. The third-order valence-corrected chi connectivity index (χ3v) is 3.36. The van der Waals surface area contributed by atoms with E-state index in [0.717, 1.165) is 12.1 Å². The summed E-state index contributed by atoms with van der Waals surface area (Å²) in [6, 6.07) is 1.84. The minimum atomic E-state index is -4.46. The van der Waals surface area contributed by atoms with Crippen LogP contribution in [0.2, 0.25) is 0 Å². The van der Waals surface area contributed by atoms with Crippen LogP contribution in [0, 0.1) is 0 Å². The van der Waals surface area contributed by atoms with E-state index in [4.69, 9.17) is 0 Å². The Morgan fingerprint density at radius 2 is 1.90 bits per heavy atom. The van der Waals surface area contributed by atoms with E-state index >= 15 is 0 Å². The molecule has 0 unspecified atom stereocenters. The number of pyridine rings is 1. The maximum atomic E-state index is 12.4. The average molecular weight is 288 g/mol. The molecule has 1 heterocycles. The van der Waals surface area contributed by atoms with E-state index in [1.165, 1.54) is 0 Å². The van der Waals surface area contributed by atoms with Gasteiger partial charge in [-0.25, -0.2) is 0 Å². The predicted octanol–water partition coefficient (Wildman–Crippen LogP) is 2.13. The Kier molecular flexibility index (Phi) is 4.27. The van der Waals surface area contributed by atoms with Gasteiger partial charge in [0.2, 0.25) is 0 Å². The summed E-state index contributed by atoms with van der Waals surface area (Å²) in [7, 11) is 0. The van der Waals surface area contributed by atoms with Crippen molar-refractivity contribution < 1.29 is 23.1 Å². The van der Waals surface area contributed by atoms with Gasteiger partial charge in [-0.05, 0) is 37.8 Å². The van der Waals surface area contributed by atoms with E-state index in [1.807, 2.05) is 0 Å². The Morgan fingerprint density at radius 1 is 1.25 bits per heavy atom. The molecule has 0 spiro atoms. The number of alkyl halides is 3. The number of carbonyl (C=O) groups is 1. The van der Waals surface area contributed by atoms with Crippen LogP contribution in [-0.4, -0.2) is 28.1 Å². The molecule has 1 aliphatic carbocycles. The van der Waals surface area contributed by atoms with Crippen LogP contribution in [0.25, 0.3) is 0 Å². The van der Waals surface area contributed by atoms with Gasteiger partial charge in [-0.1, -0.05) is 0 Å². The van der Waals surface area contributed by atoms with Crippen LogP contribution in [0.4, 0.5) is 13.2 Å². The lowest BCUT2D eigenvalue weighted by Gasteiger charge is -2.26.